The molecule has 0 saturated carbocycles. The Morgan fingerprint density at radius 3 is 2.28 bits per heavy atom. The highest BCUT2D eigenvalue weighted by atomic mass is 15.2. The smallest absolute Gasteiger partial charge is 0.191 e. The minimum absolute atomic E-state index is 0.372. The molecule has 1 unspecified atom stereocenters. The van der Waals surface area contributed by atoms with E-state index in [4.69, 9.17) is 4.99 Å². The Hall–Kier alpha value is -1.59. The van der Waals surface area contributed by atoms with Crippen LogP contribution in [-0.2, 0) is 0 Å². The molecule has 29 heavy (non-hydrogen) atoms. The molecule has 2 heterocycles. The standard InChI is InChI=1S/C24H41N5/c1-5-25-24(27-22-12-16-28(17-13-22)19(2)3)26-18-23(29-14-6-7-15-29)21-10-8-20(4)9-11-21/h8-11,19,22-23H,5-7,12-18H2,1-4H3,(H2,25,26,27). The zero-order valence-electron chi connectivity index (χ0n) is 19.0. The Morgan fingerprint density at radius 2 is 1.69 bits per heavy atom. The molecule has 0 aromatic heterocycles. The summed E-state index contributed by atoms with van der Waals surface area (Å²) in [5.41, 5.74) is 2.71. The van der Waals surface area contributed by atoms with Crippen molar-refractivity contribution in [2.24, 2.45) is 4.99 Å². The van der Waals surface area contributed by atoms with Crippen LogP contribution in [0.25, 0.3) is 0 Å². The number of piperidine rings is 1. The van der Waals surface area contributed by atoms with Crippen molar-refractivity contribution >= 4 is 5.96 Å². The number of nitrogens with one attached hydrogen (secondary N) is 2. The zero-order valence-corrected chi connectivity index (χ0v) is 19.0. The Balaban J connectivity index is 1.65. The number of hydrogen-bond donors (Lipinski definition) is 2. The predicted octanol–water partition coefficient (Wildman–Crippen LogP) is 3.56. The highest BCUT2D eigenvalue weighted by Crippen LogP contribution is 2.26. The van der Waals surface area contributed by atoms with Crippen molar-refractivity contribution in [3.63, 3.8) is 0 Å². The van der Waals surface area contributed by atoms with Crippen LogP contribution >= 0.6 is 0 Å². The zero-order chi connectivity index (χ0) is 20.6. The Labute approximate surface area is 178 Å². The third kappa shape index (κ3) is 6.45. The van der Waals surface area contributed by atoms with Gasteiger partial charge in [-0.05, 0) is 72.0 Å². The summed E-state index contributed by atoms with van der Waals surface area (Å²) < 4.78 is 0. The lowest BCUT2D eigenvalue weighted by Crippen LogP contribution is -2.50. The fourth-order valence-corrected chi connectivity index (χ4v) is 4.52. The first-order valence-electron chi connectivity index (χ1n) is 11.7. The number of aryl methyl sites for hydroxylation is 1. The maximum Gasteiger partial charge on any atom is 0.191 e. The summed E-state index contributed by atoms with van der Waals surface area (Å²) in [5.74, 6) is 0.979. The molecule has 2 aliphatic rings. The van der Waals surface area contributed by atoms with Gasteiger partial charge in [0.05, 0.1) is 12.6 Å². The number of aliphatic imine (C=N–C) groups is 1. The topological polar surface area (TPSA) is 42.9 Å². The molecule has 1 atom stereocenters. The number of nitrogens with zero attached hydrogens (tertiary/aromatic N) is 3. The van der Waals surface area contributed by atoms with Crippen molar-refractivity contribution in [2.75, 3.05) is 39.3 Å². The van der Waals surface area contributed by atoms with Crippen LogP contribution in [0.2, 0.25) is 0 Å². The summed E-state index contributed by atoms with van der Waals surface area (Å²) in [6, 6.07) is 10.6. The minimum Gasteiger partial charge on any atom is -0.357 e. The monoisotopic (exact) mass is 399 g/mol. The average molecular weight is 400 g/mol. The molecule has 0 amide bonds. The highest BCUT2D eigenvalue weighted by molar-refractivity contribution is 5.80. The van der Waals surface area contributed by atoms with Crippen LogP contribution in [0.1, 0.15) is 63.6 Å². The fraction of sp³-hybridized carbons (Fsp3) is 0.708. The van der Waals surface area contributed by atoms with Gasteiger partial charge >= 0.3 is 0 Å². The van der Waals surface area contributed by atoms with E-state index in [1.165, 1.54) is 63.0 Å². The first-order chi connectivity index (χ1) is 14.1. The van der Waals surface area contributed by atoms with Gasteiger partial charge in [0.1, 0.15) is 0 Å². The summed E-state index contributed by atoms with van der Waals surface area (Å²) in [7, 11) is 0. The molecule has 5 nitrogen and oxygen atoms in total. The summed E-state index contributed by atoms with van der Waals surface area (Å²) in [4.78, 5) is 10.2. The molecule has 0 spiro atoms. The summed E-state index contributed by atoms with van der Waals surface area (Å²) >= 11 is 0. The van der Waals surface area contributed by atoms with Crippen LogP contribution in [0.4, 0.5) is 0 Å². The second-order valence-corrected chi connectivity index (χ2v) is 8.94. The van der Waals surface area contributed by atoms with Crippen LogP contribution in [0.15, 0.2) is 29.3 Å². The van der Waals surface area contributed by atoms with E-state index < -0.39 is 0 Å². The molecule has 2 saturated heterocycles. The lowest BCUT2D eigenvalue weighted by molar-refractivity contribution is 0.167. The van der Waals surface area contributed by atoms with Gasteiger partial charge in [-0.15, -0.1) is 0 Å². The van der Waals surface area contributed by atoms with Crippen molar-refractivity contribution in [3.05, 3.63) is 35.4 Å². The van der Waals surface area contributed by atoms with Crippen molar-refractivity contribution < 1.29 is 0 Å². The van der Waals surface area contributed by atoms with Gasteiger partial charge in [-0.2, -0.15) is 0 Å². The summed E-state index contributed by atoms with van der Waals surface area (Å²) in [6.07, 6.45) is 4.99. The van der Waals surface area contributed by atoms with E-state index >= 15 is 0 Å². The van der Waals surface area contributed by atoms with Gasteiger partial charge < -0.3 is 15.5 Å². The second-order valence-electron chi connectivity index (χ2n) is 8.94. The van der Waals surface area contributed by atoms with E-state index in [0.717, 1.165) is 19.0 Å². The molecule has 2 N–H and O–H groups in total. The fourth-order valence-electron chi connectivity index (χ4n) is 4.52. The molecule has 0 aliphatic carbocycles. The molecular weight excluding hydrogens is 358 g/mol. The number of guanidine groups is 1. The van der Waals surface area contributed by atoms with Crippen LogP contribution in [0.3, 0.4) is 0 Å². The number of benzene rings is 1. The molecule has 1 aromatic rings. The van der Waals surface area contributed by atoms with Gasteiger partial charge in [-0.25, -0.2) is 0 Å². The number of hydrogen-bond acceptors (Lipinski definition) is 3. The van der Waals surface area contributed by atoms with Gasteiger partial charge in [-0.3, -0.25) is 9.89 Å². The molecule has 0 bridgehead atoms. The quantitative estimate of drug-likeness (QED) is 0.543. The largest absolute Gasteiger partial charge is 0.357 e. The lowest BCUT2D eigenvalue weighted by atomic mass is 10.0. The summed E-state index contributed by atoms with van der Waals surface area (Å²) in [5, 5.41) is 7.19. The third-order valence-electron chi connectivity index (χ3n) is 6.41. The van der Waals surface area contributed by atoms with Gasteiger partial charge in [-0.1, -0.05) is 29.8 Å². The van der Waals surface area contributed by atoms with Gasteiger partial charge in [0.2, 0.25) is 0 Å². The van der Waals surface area contributed by atoms with E-state index in [-0.39, 0.29) is 0 Å². The van der Waals surface area contributed by atoms with Crippen molar-refractivity contribution in [1.29, 1.82) is 0 Å². The molecule has 2 fully saturated rings. The first-order valence-corrected chi connectivity index (χ1v) is 11.7. The Bertz CT molecular complexity index is 625. The molecular formula is C24H41N5. The van der Waals surface area contributed by atoms with Gasteiger partial charge in [0.15, 0.2) is 5.96 Å². The van der Waals surface area contributed by atoms with Crippen molar-refractivity contribution in [2.45, 2.75) is 71.5 Å². The molecule has 0 radical (unpaired) electrons. The van der Waals surface area contributed by atoms with Crippen molar-refractivity contribution in [1.82, 2.24) is 20.4 Å². The average Bonchev–Trinajstić information content (AvgIpc) is 3.24. The van der Waals surface area contributed by atoms with Crippen LogP contribution in [0.5, 0.6) is 0 Å². The predicted molar refractivity (Wildman–Crippen MR) is 124 cm³/mol. The first kappa shape index (κ1) is 22.1. The second kappa shape index (κ2) is 11.0. The SMILES string of the molecule is CCNC(=NCC(c1ccc(C)cc1)N1CCCC1)NC1CCN(C(C)C)CC1. The molecule has 2 aliphatic heterocycles. The molecule has 5 heteroatoms. The van der Waals surface area contributed by atoms with Gasteiger partial charge in [0.25, 0.3) is 0 Å². The van der Waals surface area contributed by atoms with Crippen LogP contribution in [0, 0.1) is 6.92 Å². The third-order valence-corrected chi connectivity index (χ3v) is 6.41. The van der Waals surface area contributed by atoms with Gasteiger partial charge in [0, 0.05) is 31.7 Å². The minimum atomic E-state index is 0.372. The van der Waals surface area contributed by atoms with Crippen LogP contribution < -0.4 is 10.6 Å². The maximum atomic E-state index is 5.04. The van der Waals surface area contributed by atoms with Crippen LogP contribution in [-0.4, -0.2) is 67.1 Å². The Morgan fingerprint density at radius 1 is 1.03 bits per heavy atom. The molecule has 1 aromatic carbocycles. The van der Waals surface area contributed by atoms with E-state index in [9.17, 15) is 0 Å². The molecule has 3 rings (SSSR count). The number of rotatable bonds is 7. The van der Waals surface area contributed by atoms with E-state index in [2.05, 4.69) is 72.4 Å². The maximum absolute atomic E-state index is 5.04. The normalized spacial score (nSPS) is 20.9. The van der Waals surface area contributed by atoms with E-state index in [1.807, 2.05) is 0 Å². The van der Waals surface area contributed by atoms with Crippen molar-refractivity contribution in [3.8, 4) is 0 Å². The van der Waals surface area contributed by atoms with E-state index in [0.29, 0.717) is 18.1 Å². The highest BCUT2D eigenvalue weighted by Gasteiger charge is 2.24. The molecule has 162 valence electrons. The lowest BCUT2D eigenvalue weighted by Gasteiger charge is -2.35. The summed E-state index contributed by atoms with van der Waals surface area (Å²) in [6.45, 7) is 15.3. The Kier molecular flexibility index (Phi) is 8.37. The van der Waals surface area contributed by atoms with E-state index in [1.54, 1.807) is 0 Å². The number of likely N-dealkylation sites (tertiary alicyclic amines) is 2.